The fourth-order valence-electron chi connectivity index (χ4n) is 2.48. The van der Waals surface area contributed by atoms with Crippen LogP contribution in [0.15, 0.2) is 66.0 Å². The molecule has 4 rings (SSSR count). The highest BCUT2D eigenvalue weighted by molar-refractivity contribution is 7.21. The number of fused-ring (bicyclic) bond motifs is 1. The first-order chi connectivity index (χ1) is 12.3. The van der Waals surface area contributed by atoms with Crippen LogP contribution < -0.4 is 5.43 Å². The number of hydrazone groups is 1. The summed E-state index contributed by atoms with van der Waals surface area (Å²) in [4.78, 5) is 15.2. The number of nitrogens with zero attached hydrogens (tertiary/aromatic N) is 4. The molecule has 1 aromatic carbocycles. The van der Waals surface area contributed by atoms with E-state index in [1.807, 2.05) is 37.3 Å². The Bertz CT molecular complexity index is 1030. The predicted octanol–water partition coefficient (Wildman–Crippen LogP) is 4.51. The molecule has 3 heterocycles. The van der Waals surface area contributed by atoms with Gasteiger partial charge in [-0.15, -0.1) is 11.3 Å². The fourth-order valence-corrected chi connectivity index (χ4v) is 3.56. The zero-order valence-corrected chi connectivity index (χ0v) is 14.4. The van der Waals surface area contributed by atoms with E-state index >= 15 is 0 Å². The molecule has 0 saturated heterocycles. The molecule has 1 N–H and O–H groups in total. The number of hydrogen-bond acceptors (Lipinski definition) is 6. The van der Waals surface area contributed by atoms with Gasteiger partial charge in [0.25, 0.3) is 0 Å². The Kier molecular flexibility index (Phi) is 4.18. The topological polar surface area (TPSA) is 63.1 Å². The van der Waals surface area contributed by atoms with E-state index < -0.39 is 0 Å². The minimum absolute atomic E-state index is 0.709. The number of aromatic nitrogens is 3. The molecule has 0 bridgehead atoms. The molecule has 122 valence electrons. The standard InChI is InChI=1S/C19H15N5S/c1-13-22-18(24-21-12-14-6-5-9-20-11-14)16-10-17(25-19(16)23-13)15-7-3-2-4-8-15/h2-12H,1H3,(H,22,23,24). The van der Waals surface area contributed by atoms with E-state index in [1.165, 1.54) is 5.56 Å². The highest BCUT2D eigenvalue weighted by Crippen LogP contribution is 2.35. The molecular formula is C19H15N5S. The van der Waals surface area contributed by atoms with Crippen LogP contribution in [0, 0.1) is 6.92 Å². The maximum Gasteiger partial charge on any atom is 0.158 e. The lowest BCUT2D eigenvalue weighted by molar-refractivity contribution is 1.09. The van der Waals surface area contributed by atoms with Gasteiger partial charge in [-0.25, -0.2) is 9.97 Å². The first kappa shape index (κ1) is 15.4. The van der Waals surface area contributed by atoms with E-state index in [0.29, 0.717) is 11.6 Å². The number of pyridine rings is 1. The molecule has 0 spiro atoms. The summed E-state index contributed by atoms with van der Waals surface area (Å²) >= 11 is 1.66. The summed E-state index contributed by atoms with van der Waals surface area (Å²) in [5.74, 6) is 1.43. The summed E-state index contributed by atoms with van der Waals surface area (Å²) in [6.07, 6.45) is 5.21. The van der Waals surface area contributed by atoms with Crippen LogP contribution in [0.2, 0.25) is 0 Å². The van der Waals surface area contributed by atoms with Gasteiger partial charge in [-0.2, -0.15) is 5.10 Å². The van der Waals surface area contributed by atoms with Gasteiger partial charge in [0.1, 0.15) is 10.7 Å². The van der Waals surface area contributed by atoms with Crippen molar-refractivity contribution >= 4 is 33.6 Å². The van der Waals surface area contributed by atoms with Crippen molar-refractivity contribution in [2.45, 2.75) is 6.92 Å². The van der Waals surface area contributed by atoms with E-state index in [-0.39, 0.29) is 0 Å². The van der Waals surface area contributed by atoms with Gasteiger partial charge in [-0.3, -0.25) is 10.4 Å². The second kappa shape index (κ2) is 6.78. The molecule has 0 atom stereocenters. The molecule has 6 heteroatoms. The van der Waals surface area contributed by atoms with Crippen molar-refractivity contribution < 1.29 is 0 Å². The summed E-state index contributed by atoms with van der Waals surface area (Å²) in [7, 11) is 0. The summed E-state index contributed by atoms with van der Waals surface area (Å²) in [6, 6.07) is 16.2. The van der Waals surface area contributed by atoms with Crippen LogP contribution in [0.1, 0.15) is 11.4 Å². The lowest BCUT2D eigenvalue weighted by atomic mass is 10.2. The third-order valence-corrected chi connectivity index (χ3v) is 4.71. The summed E-state index contributed by atoms with van der Waals surface area (Å²) in [6.45, 7) is 1.89. The smallest absolute Gasteiger partial charge is 0.158 e. The number of aryl methyl sites for hydroxylation is 1. The molecule has 0 amide bonds. The van der Waals surface area contributed by atoms with Gasteiger partial charge in [-0.05, 0) is 24.6 Å². The summed E-state index contributed by atoms with van der Waals surface area (Å²) in [5, 5.41) is 5.25. The SMILES string of the molecule is Cc1nc(NN=Cc2cccnc2)c2cc(-c3ccccc3)sc2n1. The van der Waals surface area contributed by atoms with E-state index in [2.05, 4.69) is 43.7 Å². The van der Waals surface area contributed by atoms with Crippen molar-refractivity contribution in [2.75, 3.05) is 5.43 Å². The van der Waals surface area contributed by atoms with E-state index in [0.717, 1.165) is 20.7 Å². The predicted molar refractivity (Wildman–Crippen MR) is 103 cm³/mol. The van der Waals surface area contributed by atoms with Crippen molar-refractivity contribution in [1.82, 2.24) is 15.0 Å². The highest BCUT2D eigenvalue weighted by Gasteiger charge is 2.11. The quantitative estimate of drug-likeness (QED) is 0.437. The van der Waals surface area contributed by atoms with Crippen LogP contribution in [-0.2, 0) is 0 Å². The zero-order valence-electron chi connectivity index (χ0n) is 13.5. The molecular weight excluding hydrogens is 330 g/mol. The normalized spacial score (nSPS) is 11.2. The molecule has 3 aromatic heterocycles. The molecule has 0 aliphatic rings. The molecule has 25 heavy (non-hydrogen) atoms. The van der Waals surface area contributed by atoms with Crippen LogP contribution in [0.3, 0.4) is 0 Å². The second-order valence-electron chi connectivity index (χ2n) is 5.47. The minimum Gasteiger partial charge on any atom is -0.264 e. The van der Waals surface area contributed by atoms with Crippen molar-refractivity contribution in [3.8, 4) is 10.4 Å². The van der Waals surface area contributed by atoms with Crippen molar-refractivity contribution in [1.29, 1.82) is 0 Å². The van der Waals surface area contributed by atoms with Gasteiger partial charge in [0.2, 0.25) is 0 Å². The largest absolute Gasteiger partial charge is 0.264 e. The summed E-state index contributed by atoms with van der Waals surface area (Å²) in [5.41, 5.74) is 5.14. The molecule has 0 aliphatic carbocycles. The molecule has 0 fully saturated rings. The Morgan fingerprint density at radius 3 is 2.76 bits per heavy atom. The van der Waals surface area contributed by atoms with Crippen LogP contribution >= 0.6 is 11.3 Å². The van der Waals surface area contributed by atoms with Crippen molar-refractivity contribution in [3.05, 3.63) is 72.3 Å². The number of nitrogens with one attached hydrogen (secondary N) is 1. The minimum atomic E-state index is 0.709. The lowest BCUT2D eigenvalue weighted by Crippen LogP contribution is -1.97. The van der Waals surface area contributed by atoms with Crippen molar-refractivity contribution in [3.63, 3.8) is 0 Å². The average molecular weight is 345 g/mol. The molecule has 0 aliphatic heterocycles. The molecule has 0 saturated carbocycles. The van der Waals surface area contributed by atoms with Crippen LogP contribution in [-0.4, -0.2) is 21.2 Å². The molecule has 0 unspecified atom stereocenters. The number of anilines is 1. The zero-order chi connectivity index (χ0) is 17.1. The Morgan fingerprint density at radius 2 is 1.96 bits per heavy atom. The maximum absolute atomic E-state index is 4.55. The summed E-state index contributed by atoms with van der Waals surface area (Å²) < 4.78 is 0. The number of benzene rings is 1. The monoisotopic (exact) mass is 345 g/mol. The van der Waals surface area contributed by atoms with Crippen LogP contribution in [0.5, 0.6) is 0 Å². The van der Waals surface area contributed by atoms with Gasteiger partial charge < -0.3 is 0 Å². The Hall–Kier alpha value is -3.12. The average Bonchev–Trinajstić information content (AvgIpc) is 3.07. The Balaban J connectivity index is 1.68. The number of rotatable bonds is 4. The third-order valence-electron chi connectivity index (χ3n) is 3.63. The number of thiophene rings is 1. The molecule has 5 nitrogen and oxygen atoms in total. The maximum atomic E-state index is 4.55. The van der Waals surface area contributed by atoms with Gasteiger partial charge in [0.15, 0.2) is 5.82 Å². The third kappa shape index (κ3) is 3.39. The fraction of sp³-hybridized carbons (Fsp3) is 0.0526. The van der Waals surface area contributed by atoms with Gasteiger partial charge >= 0.3 is 0 Å². The highest BCUT2D eigenvalue weighted by atomic mass is 32.1. The first-order valence-corrected chi connectivity index (χ1v) is 8.64. The Morgan fingerprint density at radius 1 is 1.08 bits per heavy atom. The van der Waals surface area contributed by atoms with Gasteiger partial charge in [0, 0.05) is 22.8 Å². The van der Waals surface area contributed by atoms with Gasteiger partial charge in [0.05, 0.1) is 11.6 Å². The Labute approximate surface area is 149 Å². The molecule has 4 aromatic rings. The van der Waals surface area contributed by atoms with Gasteiger partial charge in [-0.1, -0.05) is 36.4 Å². The van der Waals surface area contributed by atoms with Crippen molar-refractivity contribution in [2.24, 2.45) is 5.10 Å². The van der Waals surface area contributed by atoms with E-state index in [9.17, 15) is 0 Å². The van der Waals surface area contributed by atoms with E-state index in [4.69, 9.17) is 0 Å². The van der Waals surface area contributed by atoms with Crippen LogP contribution in [0.4, 0.5) is 5.82 Å². The first-order valence-electron chi connectivity index (χ1n) is 7.82. The number of hydrogen-bond donors (Lipinski definition) is 1. The second-order valence-corrected chi connectivity index (χ2v) is 6.50. The lowest BCUT2D eigenvalue weighted by Gasteiger charge is -2.02. The molecule has 0 radical (unpaired) electrons. The van der Waals surface area contributed by atoms with E-state index in [1.54, 1.807) is 29.9 Å². The van der Waals surface area contributed by atoms with Crippen LogP contribution in [0.25, 0.3) is 20.7 Å².